The van der Waals surface area contributed by atoms with Gasteiger partial charge in [-0.05, 0) is 32.9 Å². The number of hydrogen-bond donors (Lipinski definition) is 1. The summed E-state index contributed by atoms with van der Waals surface area (Å²) in [5.74, 6) is 0.894. The summed E-state index contributed by atoms with van der Waals surface area (Å²) in [4.78, 5) is 6.49. The number of ether oxygens (including phenoxy) is 1. The maximum absolute atomic E-state index is 7.99. The summed E-state index contributed by atoms with van der Waals surface area (Å²) in [5.41, 5.74) is 0.0684. The molecule has 4 rings (SSSR count). The Bertz CT molecular complexity index is 1040. The van der Waals surface area contributed by atoms with Crippen molar-refractivity contribution in [1.82, 2.24) is 10.2 Å². The van der Waals surface area contributed by atoms with Gasteiger partial charge in [0.25, 0.3) is 8.32 Å². The van der Waals surface area contributed by atoms with Gasteiger partial charge in [-0.15, -0.1) is 0 Å². The maximum Gasteiger partial charge on any atom is 0.261 e. The lowest BCUT2D eigenvalue weighted by Crippen LogP contribution is -2.67. The van der Waals surface area contributed by atoms with E-state index < -0.39 is 13.8 Å². The minimum Gasteiger partial charge on any atom is -0.407 e. The average Bonchev–Trinajstić information content (AvgIpc) is 2.84. The zero-order valence-electron chi connectivity index (χ0n) is 21.2. The lowest BCUT2D eigenvalue weighted by Gasteiger charge is -2.44. The third-order valence-corrected chi connectivity index (χ3v) is 11.9. The number of alkyl halides is 1. The van der Waals surface area contributed by atoms with Gasteiger partial charge in [-0.1, -0.05) is 100.0 Å². The molecular formula is C26H33Cl2N3O2Si. The van der Waals surface area contributed by atoms with E-state index in [1.807, 2.05) is 4.90 Å². The lowest BCUT2D eigenvalue weighted by atomic mass is 10.1. The van der Waals surface area contributed by atoms with E-state index in [0.29, 0.717) is 32.3 Å². The van der Waals surface area contributed by atoms with E-state index in [4.69, 9.17) is 33.8 Å². The summed E-state index contributed by atoms with van der Waals surface area (Å²) in [6, 6.07) is 21.3. The summed E-state index contributed by atoms with van der Waals surface area (Å²) in [7, 11) is -2.61. The van der Waals surface area contributed by atoms with Gasteiger partial charge in [-0.25, -0.2) is 4.99 Å². The second-order valence-corrected chi connectivity index (χ2v) is 15.0. The number of rotatable bonds is 7. The first kappa shape index (κ1) is 23.9. The third-order valence-electron chi connectivity index (χ3n) is 6.33. The Labute approximate surface area is 215 Å². The van der Waals surface area contributed by atoms with Gasteiger partial charge in [-0.2, -0.15) is 0 Å². The highest BCUT2D eigenvalue weighted by molar-refractivity contribution is 6.99. The van der Waals surface area contributed by atoms with Gasteiger partial charge in [0, 0.05) is 18.7 Å². The number of benzene rings is 2. The minimum absolute atomic E-state index is 0.0619. The van der Waals surface area contributed by atoms with Gasteiger partial charge in [0.2, 0.25) is 0 Å². The maximum atomic E-state index is 7.99. The molecule has 0 amide bonds. The van der Waals surface area contributed by atoms with Crippen LogP contribution >= 0.6 is 23.2 Å². The minimum atomic E-state index is -2.61. The molecule has 0 aliphatic carbocycles. The summed E-state index contributed by atoms with van der Waals surface area (Å²) in [5, 5.41) is 3.52. The molecule has 0 aromatic heterocycles. The molecule has 2 aliphatic rings. The number of halogens is 2. The van der Waals surface area contributed by atoms with Gasteiger partial charge in [0.05, 0.1) is 6.61 Å². The van der Waals surface area contributed by atoms with Crippen LogP contribution < -0.4 is 15.7 Å². The fourth-order valence-electron chi connectivity index (χ4n) is 4.80. The molecule has 0 radical (unpaired) electrons. The quantitative estimate of drug-likeness (QED) is 0.333. The van der Waals surface area contributed by atoms with E-state index in [0.717, 1.165) is 10.9 Å². The molecule has 2 heterocycles. The van der Waals surface area contributed by atoms with E-state index in [2.05, 4.69) is 93.4 Å². The Balaban J connectivity index is 1.59. The number of nitrogens with zero attached hydrogens (tertiary/aromatic N) is 2. The van der Waals surface area contributed by atoms with Crippen LogP contribution in [0.1, 0.15) is 27.7 Å². The standard InChI is InChI=1S/C26H33Cl2N3O2Si/c1-19(15-31-18-32-17-22-23(27)29-25(28)30-24(22)31)16-33-34(26(2,3)4,20-11-7-5-8-12-20)21-13-9-6-10-14-21/h5-14,19,23H,15-18H2,1-4H3,(H,29,30)/i/hD. The number of aliphatic imine (C=N–C) groups is 1. The van der Waals surface area contributed by atoms with Crippen LogP contribution in [0, 0.1) is 5.92 Å². The molecule has 2 aromatic rings. The predicted octanol–water partition coefficient (Wildman–Crippen LogP) is 4.46. The van der Waals surface area contributed by atoms with E-state index >= 15 is 0 Å². The van der Waals surface area contributed by atoms with Gasteiger partial charge in [0.15, 0.2) is 6.71 Å². The Morgan fingerprint density at radius 1 is 1.18 bits per heavy atom. The second-order valence-electron chi connectivity index (χ2n) is 9.97. The summed E-state index contributed by atoms with van der Waals surface area (Å²) >= 11 is 12.6. The van der Waals surface area contributed by atoms with Crippen LogP contribution in [0.4, 0.5) is 0 Å². The lowest BCUT2D eigenvalue weighted by molar-refractivity contribution is 0.0259. The normalized spacial score (nSPS) is 20.6. The van der Waals surface area contributed by atoms with Crippen molar-refractivity contribution < 1.29 is 10.6 Å². The van der Waals surface area contributed by atoms with E-state index in [-0.39, 0.29) is 16.3 Å². The van der Waals surface area contributed by atoms with Crippen molar-refractivity contribution in [2.75, 3.05) is 26.5 Å². The molecule has 0 saturated carbocycles. The van der Waals surface area contributed by atoms with Crippen molar-refractivity contribution in [3.05, 3.63) is 72.1 Å². The molecule has 8 heteroatoms. The molecule has 0 spiro atoms. The summed E-state index contributed by atoms with van der Waals surface area (Å²) in [6.07, 6.45) is 0. The van der Waals surface area contributed by atoms with Crippen LogP contribution in [0.25, 0.3) is 0 Å². The van der Waals surface area contributed by atoms with Crippen molar-refractivity contribution in [3.63, 3.8) is 0 Å². The molecule has 2 unspecified atom stereocenters. The number of nitrogens with one attached hydrogen (secondary N) is 1. The second kappa shape index (κ2) is 10.4. The third kappa shape index (κ3) is 5.07. The monoisotopic (exact) mass is 518 g/mol. The molecule has 1 N–H and O–H groups in total. The van der Waals surface area contributed by atoms with E-state index in [9.17, 15) is 0 Å². The average molecular weight is 520 g/mol. The zero-order valence-corrected chi connectivity index (χ0v) is 22.7. The van der Waals surface area contributed by atoms with Crippen LogP contribution in [0.15, 0.2) is 77.1 Å². The Kier molecular flexibility index (Phi) is 7.32. The van der Waals surface area contributed by atoms with Crippen molar-refractivity contribution in [1.29, 1.82) is 0 Å². The van der Waals surface area contributed by atoms with Crippen LogP contribution in [-0.4, -0.2) is 50.5 Å². The molecule has 2 aliphatic heterocycles. The molecular weight excluding hydrogens is 485 g/mol. The fourth-order valence-corrected chi connectivity index (χ4v) is 9.97. The molecule has 34 heavy (non-hydrogen) atoms. The van der Waals surface area contributed by atoms with Crippen molar-refractivity contribution in [3.8, 4) is 0 Å². The smallest absolute Gasteiger partial charge is 0.261 e. The topological polar surface area (TPSA) is 46.1 Å². The van der Waals surface area contributed by atoms with Crippen LogP contribution in [0.2, 0.25) is 6.45 Å². The van der Waals surface area contributed by atoms with Crippen LogP contribution in [-0.2, 0) is 9.16 Å². The predicted molar refractivity (Wildman–Crippen MR) is 143 cm³/mol. The van der Waals surface area contributed by atoms with Crippen molar-refractivity contribution >= 4 is 47.2 Å². The van der Waals surface area contributed by atoms with Crippen molar-refractivity contribution in [2.45, 2.75) is 38.2 Å². The number of amidine groups is 1. The Morgan fingerprint density at radius 2 is 1.76 bits per heavy atom. The first-order valence-electron chi connectivity index (χ1n) is 12.1. The molecule has 2 atom stereocenters. The molecule has 0 fully saturated rings. The van der Waals surface area contributed by atoms with Gasteiger partial charge in [-0.3, -0.25) is 0 Å². The highest BCUT2D eigenvalue weighted by Gasteiger charge is 2.50. The zero-order chi connectivity index (χ0) is 25.2. The Hall–Kier alpha value is -1.83. The molecule has 2 aromatic carbocycles. The molecule has 0 saturated heterocycles. The van der Waals surface area contributed by atoms with Crippen LogP contribution in [0.3, 0.4) is 0 Å². The fraction of sp³-hybridized carbons (Fsp3) is 0.423. The molecule has 5 nitrogen and oxygen atoms in total. The van der Waals surface area contributed by atoms with Gasteiger partial charge >= 0.3 is 0 Å². The Morgan fingerprint density at radius 3 is 2.32 bits per heavy atom. The van der Waals surface area contributed by atoms with Gasteiger partial charge in [0.1, 0.15) is 18.1 Å². The van der Waals surface area contributed by atoms with Crippen molar-refractivity contribution in [2.24, 2.45) is 10.9 Å². The molecule has 0 bridgehead atoms. The summed E-state index contributed by atoms with van der Waals surface area (Å²) < 4.78 is 20.9. The van der Waals surface area contributed by atoms with Crippen LogP contribution in [0.5, 0.6) is 0 Å². The largest absolute Gasteiger partial charge is 0.407 e. The van der Waals surface area contributed by atoms with E-state index in [1.165, 1.54) is 10.4 Å². The highest BCUT2D eigenvalue weighted by Crippen LogP contribution is 2.37. The first-order chi connectivity index (χ1) is 16.6. The highest BCUT2D eigenvalue weighted by atomic mass is 35.5. The summed E-state index contributed by atoms with van der Waals surface area (Å²) in [6.45, 7) is 11.0. The first-order valence-corrected chi connectivity index (χ1v) is 14.3. The number of hydrogen-bond acceptors (Lipinski definition) is 5. The van der Waals surface area contributed by atoms with Gasteiger partial charge < -0.3 is 19.4 Å². The van der Waals surface area contributed by atoms with E-state index in [1.54, 1.807) is 0 Å². The SMILES string of the molecule is [2H]N1C(Cl)=NC2=C(COCN2CC(C)CO[Si](c2ccccc2)(c2ccccc2)C(C)(C)C)C1Cl. The molecule has 182 valence electrons.